The highest BCUT2D eigenvalue weighted by atomic mass is 35.5. The van der Waals surface area contributed by atoms with E-state index in [-0.39, 0.29) is 29.5 Å². The van der Waals surface area contributed by atoms with Gasteiger partial charge in [0.1, 0.15) is 18.3 Å². The maximum absolute atomic E-state index is 14.7. The molecule has 0 saturated heterocycles. The second-order valence-corrected chi connectivity index (χ2v) is 14.7. The van der Waals surface area contributed by atoms with Crippen molar-refractivity contribution in [1.82, 2.24) is 10.2 Å². The van der Waals surface area contributed by atoms with Crippen LogP contribution in [0.25, 0.3) is 0 Å². The number of hydrogen-bond donors (Lipinski definition) is 1. The molecule has 1 N–H and O–H groups in total. The van der Waals surface area contributed by atoms with Crippen LogP contribution in [0.4, 0.5) is 5.69 Å². The van der Waals surface area contributed by atoms with Crippen molar-refractivity contribution < 1.29 is 22.7 Å². The minimum absolute atomic E-state index is 0.0193. The van der Waals surface area contributed by atoms with E-state index in [4.69, 9.17) is 27.9 Å². The van der Waals surface area contributed by atoms with Gasteiger partial charge in [0.25, 0.3) is 10.0 Å². The minimum atomic E-state index is -4.26. The molecule has 0 aliphatic carbocycles. The Labute approximate surface area is 303 Å². The number of ether oxygens (including phenoxy) is 1. The third kappa shape index (κ3) is 10.2. The van der Waals surface area contributed by atoms with Crippen LogP contribution in [0.1, 0.15) is 37.8 Å². The molecule has 4 rings (SSSR count). The lowest BCUT2D eigenvalue weighted by Crippen LogP contribution is -2.53. The predicted molar refractivity (Wildman–Crippen MR) is 199 cm³/mol. The van der Waals surface area contributed by atoms with Crippen LogP contribution in [0.15, 0.2) is 107 Å². The van der Waals surface area contributed by atoms with Gasteiger partial charge in [0.2, 0.25) is 11.8 Å². The number of carbonyl (C=O) groups excluding carboxylic acids is 2. The summed E-state index contributed by atoms with van der Waals surface area (Å²) in [4.78, 5) is 30.9. The van der Waals surface area contributed by atoms with Crippen molar-refractivity contribution >= 4 is 62.5 Å². The van der Waals surface area contributed by atoms with Gasteiger partial charge in [-0.3, -0.25) is 13.9 Å². The molecule has 0 unspecified atom stereocenters. The van der Waals surface area contributed by atoms with Crippen LogP contribution in [0.2, 0.25) is 10.0 Å². The zero-order valence-electron chi connectivity index (χ0n) is 27.8. The molecule has 8 nitrogen and oxygen atoms in total. The molecule has 12 heteroatoms. The summed E-state index contributed by atoms with van der Waals surface area (Å²) in [6.07, 6.45) is 3.71. The zero-order valence-corrected chi connectivity index (χ0v) is 30.9. The van der Waals surface area contributed by atoms with Crippen molar-refractivity contribution in [2.75, 3.05) is 30.3 Å². The van der Waals surface area contributed by atoms with Gasteiger partial charge in [0.15, 0.2) is 0 Å². The molecule has 0 aliphatic rings. The van der Waals surface area contributed by atoms with E-state index in [2.05, 4.69) is 5.32 Å². The molecule has 0 aliphatic heterocycles. The Kier molecular flexibility index (Phi) is 14.3. The maximum Gasteiger partial charge on any atom is 0.264 e. The number of rotatable bonds is 17. The Balaban J connectivity index is 1.82. The first-order chi connectivity index (χ1) is 23.6. The second-order valence-electron chi connectivity index (χ2n) is 11.2. The normalized spacial score (nSPS) is 11.9. The van der Waals surface area contributed by atoms with Gasteiger partial charge in [0.05, 0.1) is 17.2 Å². The van der Waals surface area contributed by atoms with Crippen LogP contribution >= 0.6 is 35.0 Å². The molecule has 2 amide bonds. The van der Waals surface area contributed by atoms with Crippen LogP contribution < -0.4 is 14.4 Å². The van der Waals surface area contributed by atoms with Gasteiger partial charge in [-0.1, -0.05) is 72.9 Å². The number of sulfonamides is 1. The number of anilines is 1. The molecule has 49 heavy (non-hydrogen) atoms. The number of nitrogens with zero attached hydrogens (tertiary/aromatic N) is 2. The number of halogens is 2. The van der Waals surface area contributed by atoms with Crippen molar-refractivity contribution in [2.24, 2.45) is 0 Å². The smallest absolute Gasteiger partial charge is 0.264 e. The van der Waals surface area contributed by atoms with Gasteiger partial charge in [-0.2, -0.15) is 0 Å². The average molecular weight is 743 g/mol. The SMILES string of the molecule is CCCCNC(=O)[C@H](Cc1ccccc1)N(Cc1c(Cl)cccc1Cl)C(=O)CN(c1ccc(OCC)cc1)S(=O)(=O)c1ccc(SC)cc1. The fourth-order valence-corrected chi connectivity index (χ4v) is 7.53. The van der Waals surface area contributed by atoms with Crippen LogP contribution in [-0.4, -0.2) is 57.1 Å². The number of hydrogen-bond acceptors (Lipinski definition) is 6. The van der Waals surface area contributed by atoms with Gasteiger partial charge < -0.3 is 15.0 Å². The predicted octanol–water partition coefficient (Wildman–Crippen LogP) is 7.87. The van der Waals surface area contributed by atoms with E-state index in [1.165, 1.54) is 28.8 Å². The van der Waals surface area contributed by atoms with Crippen LogP contribution in [0, 0.1) is 0 Å². The maximum atomic E-state index is 14.7. The Bertz CT molecular complexity index is 1770. The Morgan fingerprint density at radius 2 is 1.53 bits per heavy atom. The molecular formula is C37H41Cl2N3O5S2. The molecule has 4 aromatic rings. The van der Waals surface area contributed by atoms with E-state index in [0.29, 0.717) is 34.5 Å². The summed E-state index contributed by atoms with van der Waals surface area (Å²) in [5.74, 6) is -0.418. The number of carbonyl (C=O) groups is 2. The molecule has 0 radical (unpaired) electrons. The van der Waals surface area contributed by atoms with E-state index in [9.17, 15) is 18.0 Å². The van der Waals surface area contributed by atoms with Gasteiger partial charge in [-0.05, 0) is 85.8 Å². The topological polar surface area (TPSA) is 96.0 Å². The van der Waals surface area contributed by atoms with Crippen molar-refractivity contribution in [2.45, 2.75) is 55.5 Å². The molecule has 0 spiro atoms. The highest BCUT2D eigenvalue weighted by molar-refractivity contribution is 7.98. The number of nitrogens with one attached hydrogen (secondary N) is 1. The van der Waals surface area contributed by atoms with Crippen LogP contribution in [0.5, 0.6) is 5.75 Å². The van der Waals surface area contributed by atoms with E-state index < -0.39 is 28.5 Å². The first-order valence-electron chi connectivity index (χ1n) is 16.0. The summed E-state index contributed by atoms with van der Waals surface area (Å²) in [7, 11) is -4.26. The summed E-state index contributed by atoms with van der Waals surface area (Å²) >= 11 is 14.7. The van der Waals surface area contributed by atoms with Gasteiger partial charge in [-0.15, -0.1) is 11.8 Å². The third-order valence-corrected chi connectivity index (χ3v) is 11.1. The summed E-state index contributed by atoms with van der Waals surface area (Å²) in [6.45, 7) is 4.00. The summed E-state index contributed by atoms with van der Waals surface area (Å²) in [6, 6.07) is 26.4. The van der Waals surface area contributed by atoms with E-state index in [1.54, 1.807) is 54.6 Å². The van der Waals surface area contributed by atoms with E-state index >= 15 is 0 Å². The molecular weight excluding hydrogens is 701 g/mol. The Morgan fingerprint density at radius 1 is 0.878 bits per heavy atom. The quantitative estimate of drug-likeness (QED) is 0.0875. The van der Waals surface area contributed by atoms with Crippen molar-refractivity contribution in [1.29, 1.82) is 0 Å². The fourth-order valence-electron chi connectivity index (χ4n) is 5.19. The molecule has 4 aromatic carbocycles. The average Bonchev–Trinajstić information content (AvgIpc) is 3.10. The molecule has 0 saturated carbocycles. The summed E-state index contributed by atoms with van der Waals surface area (Å²) in [5, 5.41) is 3.62. The van der Waals surface area contributed by atoms with E-state index in [1.807, 2.05) is 50.4 Å². The lowest BCUT2D eigenvalue weighted by atomic mass is 10.0. The molecule has 0 fully saturated rings. The van der Waals surface area contributed by atoms with Crippen molar-refractivity contribution in [3.63, 3.8) is 0 Å². The zero-order chi connectivity index (χ0) is 35.4. The molecule has 0 heterocycles. The standard InChI is InChI=1S/C37H41Cl2N3O5S2/c1-4-6-23-40-37(44)35(24-27-11-8-7-9-12-27)41(25-32-33(38)13-10-14-34(32)39)36(43)26-42(28-15-17-29(18-16-28)47-5-2)49(45,46)31-21-19-30(48-3)20-22-31/h7-22,35H,4-6,23-26H2,1-3H3,(H,40,44)/t35-/m0/s1. The summed E-state index contributed by atoms with van der Waals surface area (Å²) < 4.78 is 35.3. The lowest BCUT2D eigenvalue weighted by Gasteiger charge is -2.34. The third-order valence-electron chi connectivity index (χ3n) is 7.85. The Hall–Kier alpha value is -3.70. The fraction of sp³-hybridized carbons (Fsp3) is 0.297. The van der Waals surface area contributed by atoms with Crippen LogP contribution in [0.3, 0.4) is 0 Å². The number of unbranched alkanes of at least 4 members (excludes halogenated alkanes) is 1. The molecule has 260 valence electrons. The first-order valence-corrected chi connectivity index (χ1v) is 19.4. The van der Waals surface area contributed by atoms with Gasteiger partial charge in [0, 0.05) is 40.0 Å². The molecule has 1 atom stereocenters. The minimum Gasteiger partial charge on any atom is -0.494 e. The number of benzene rings is 4. The number of amides is 2. The van der Waals surface area contributed by atoms with Gasteiger partial charge in [-0.25, -0.2) is 8.42 Å². The van der Waals surface area contributed by atoms with Crippen molar-refractivity contribution in [3.8, 4) is 5.75 Å². The number of thioether (sulfide) groups is 1. The highest BCUT2D eigenvalue weighted by Gasteiger charge is 2.35. The molecule has 0 aromatic heterocycles. The largest absolute Gasteiger partial charge is 0.494 e. The van der Waals surface area contributed by atoms with Crippen LogP contribution in [-0.2, 0) is 32.6 Å². The molecule has 0 bridgehead atoms. The highest BCUT2D eigenvalue weighted by Crippen LogP contribution is 2.30. The second kappa shape index (κ2) is 18.3. The Morgan fingerprint density at radius 3 is 2.12 bits per heavy atom. The summed E-state index contributed by atoms with van der Waals surface area (Å²) in [5.41, 5.74) is 1.53. The van der Waals surface area contributed by atoms with Crippen molar-refractivity contribution in [3.05, 3.63) is 118 Å². The van der Waals surface area contributed by atoms with Gasteiger partial charge >= 0.3 is 0 Å². The first kappa shape index (κ1) is 38.1. The monoisotopic (exact) mass is 741 g/mol. The lowest BCUT2D eigenvalue weighted by molar-refractivity contribution is -0.140. The van der Waals surface area contributed by atoms with E-state index in [0.717, 1.165) is 27.6 Å².